The van der Waals surface area contributed by atoms with E-state index in [0.717, 1.165) is 0 Å². The predicted octanol–water partition coefficient (Wildman–Crippen LogP) is -3.98. The molecule has 0 bridgehead atoms. The lowest BCUT2D eigenvalue weighted by molar-refractivity contribution is -0.132. The van der Waals surface area contributed by atoms with Gasteiger partial charge in [-0.1, -0.05) is 0 Å². The van der Waals surface area contributed by atoms with Crippen LogP contribution >= 0.6 is 0 Å². The number of hydrogen-bond acceptors (Lipinski definition) is 8. The number of hydrogen-bond donors (Lipinski definition) is 8. The molecule has 8 N–H and O–H groups in total. The minimum atomic E-state index is -1.60. The van der Waals surface area contributed by atoms with Crippen molar-refractivity contribution in [2.75, 3.05) is 39.6 Å². The van der Waals surface area contributed by atoms with E-state index in [0.29, 0.717) is 0 Å². The first-order valence-electron chi connectivity index (χ1n) is 5.93. The Hall–Kier alpha value is -0.320. The minimum Gasteiger partial charge on any atom is -0.396 e. The van der Waals surface area contributed by atoms with Crippen molar-refractivity contribution in [2.24, 2.45) is 10.8 Å². The summed E-state index contributed by atoms with van der Waals surface area (Å²) in [5.74, 6) is 0. The monoisotopic (exact) mass is 284 g/mol. The summed E-state index contributed by atoms with van der Waals surface area (Å²) in [5.41, 5.74) is -3.21. The van der Waals surface area contributed by atoms with Gasteiger partial charge in [0.05, 0.1) is 62.7 Å². The molecule has 19 heavy (non-hydrogen) atoms. The maximum Gasteiger partial charge on any atom is 0.0687 e. The van der Waals surface area contributed by atoms with Gasteiger partial charge < -0.3 is 40.9 Å². The lowest BCUT2D eigenvalue weighted by Crippen LogP contribution is -2.51. The van der Waals surface area contributed by atoms with Crippen molar-refractivity contribution in [2.45, 2.75) is 18.6 Å². The van der Waals surface area contributed by atoms with E-state index >= 15 is 0 Å². The third kappa shape index (κ3) is 3.83. The third-order valence-electron chi connectivity index (χ3n) is 3.75. The highest BCUT2D eigenvalue weighted by molar-refractivity contribution is 4.92. The summed E-state index contributed by atoms with van der Waals surface area (Å²) < 4.78 is 0. The first kappa shape index (κ1) is 18.7. The van der Waals surface area contributed by atoms with E-state index in [1.807, 2.05) is 0 Å². The van der Waals surface area contributed by atoms with Crippen LogP contribution in [-0.4, -0.2) is 92.7 Å². The molecule has 8 nitrogen and oxygen atoms in total. The minimum absolute atomic E-state index is 0.441. The molecule has 0 fully saturated rings. The highest BCUT2D eigenvalue weighted by Gasteiger charge is 2.43. The Morgan fingerprint density at radius 2 is 0.737 bits per heavy atom. The standard InChI is InChI=1S/C11H24O8/c12-2-10(3-13,4-14)8(18)1-9(19)11(5-15,6-16)7-17/h8-9,12-19H,1-7H2. The Morgan fingerprint density at radius 3 is 0.895 bits per heavy atom. The van der Waals surface area contributed by atoms with Crippen LogP contribution in [0.15, 0.2) is 0 Å². The molecule has 0 aliphatic rings. The summed E-state index contributed by atoms with van der Waals surface area (Å²) in [7, 11) is 0. The van der Waals surface area contributed by atoms with Crippen LogP contribution in [0.1, 0.15) is 6.42 Å². The Labute approximate surface area is 111 Å². The van der Waals surface area contributed by atoms with Gasteiger partial charge in [-0.15, -0.1) is 0 Å². The molecule has 0 saturated carbocycles. The number of aliphatic hydroxyl groups is 8. The van der Waals surface area contributed by atoms with Gasteiger partial charge in [-0.2, -0.15) is 0 Å². The summed E-state index contributed by atoms with van der Waals surface area (Å²) in [6.45, 7) is -4.26. The lowest BCUT2D eigenvalue weighted by atomic mass is 9.76. The zero-order valence-electron chi connectivity index (χ0n) is 10.7. The van der Waals surface area contributed by atoms with Gasteiger partial charge in [0.2, 0.25) is 0 Å². The van der Waals surface area contributed by atoms with Gasteiger partial charge in [0.25, 0.3) is 0 Å². The molecule has 0 aromatic heterocycles. The molecular formula is C11H24O8. The highest BCUT2D eigenvalue weighted by atomic mass is 16.3. The summed E-state index contributed by atoms with van der Waals surface area (Å²) in [6, 6.07) is 0. The van der Waals surface area contributed by atoms with Crippen LogP contribution in [0.2, 0.25) is 0 Å². The van der Waals surface area contributed by atoms with Gasteiger partial charge in [-0.3, -0.25) is 0 Å². The van der Waals surface area contributed by atoms with E-state index in [1.54, 1.807) is 0 Å². The van der Waals surface area contributed by atoms with Crippen molar-refractivity contribution < 1.29 is 40.9 Å². The van der Waals surface area contributed by atoms with Gasteiger partial charge in [0.1, 0.15) is 0 Å². The van der Waals surface area contributed by atoms with Crippen LogP contribution in [0.3, 0.4) is 0 Å². The van der Waals surface area contributed by atoms with E-state index in [9.17, 15) is 10.2 Å². The van der Waals surface area contributed by atoms with Crippen molar-refractivity contribution >= 4 is 0 Å². The molecule has 0 aromatic rings. The molecule has 116 valence electrons. The predicted molar refractivity (Wildman–Crippen MR) is 64.0 cm³/mol. The van der Waals surface area contributed by atoms with Crippen molar-refractivity contribution in [1.82, 2.24) is 0 Å². The largest absolute Gasteiger partial charge is 0.396 e. The van der Waals surface area contributed by atoms with Gasteiger partial charge in [-0.25, -0.2) is 0 Å². The Morgan fingerprint density at radius 1 is 0.526 bits per heavy atom. The molecule has 0 saturated heterocycles. The Kier molecular flexibility index (Phi) is 7.94. The van der Waals surface area contributed by atoms with Crippen molar-refractivity contribution in [3.05, 3.63) is 0 Å². The van der Waals surface area contributed by atoms with Crippen LogP contribution < -0.4 is 0 Å². The summed E-state index contributed by atoms with van der Waals surface area (Å²) in [4.78, 5) is 0. The molecule has 2 unspecified atom stereocenters. The van der Waals surface area contributed by atoms with Crippen LogP contribution in [0.5, 0.6) is 0 Å². The smallest absolute Gasteiger partial charge is 0.0687 e. The lowest BCUT2D eigenvalue weighted by Gasteiger charge is -2.38. The summed E-state index contributed by atoms with van der Waals surface area (Å²) in [6.07, 6.45) is -3.40. The van der Waals surface area contributed by atoms with Crippen molar-refractivity contribution in [3.8, 4) is 0 Å². The molecule has 0 radical (unpaired) electrons. The fourth-order valence-corrected chi connectivity index (χ4v) is 1.64. The molecule has 0 amide bonds. The molecule has 0 aliphatic heterocycles. The second-order valence-electron chi connectivity index (χ2n) is 4.94. The SMILES string of the molecule is OCC(CO)(CO)C(O)CC(O)C(CO)(CO)CO. The Bertz CT molecular complexity index is 198. The van der Waals surface area contributed by atoms with Gasteiger partial charge in [0.15, 0.2) is 0 Å². The van der Waals surface area contributed by atoms with E-state index in [-0.39, 0.29) is 0 Å². The molecule has 2 atom stereocenters. The average molecular weight is 284 g/mol. The van der Waals surface area contributed by atoms with E-state index in [2.05, 4.69) is 0 Å². The van der Waals surface area contributed by atoms with Crippen molar-refractivity contribution in [1.29, 1.82) is 0 Å². The maximum absolute atomic E-state index is 9.89. The van der Waals surface area contributed by atoms with E-state index < -0.39 is 69.1 Å². The average Bonchev–Trinajstić information content (AvgIpc) is 2.44. The maximum atomic E-state index is 9.89. The molecule has 8 heteroatoms. The zero-order chi connectivity index (χ0) is 15.1. The van der Waals surface area contributed by atoms with E-state index in [1.165, 1.54) is 0 Å². The topological polar surface area (TPSA) is 162 Å². The second-order valence-corrected chi connectivity index (χ2v) is 4.94. The molecule has 0 spiro atoms. The molecule has 0 heterocycles. The molecular weight excluding hydrogens is 260 g/mol. The van der Waals surface area contributed by atoms with Gasteiger partial charge >= 0.3 is 0 Å². The molecule has 0 aliphatic carbocycles. The highest BCUT2D eigenvalue weighted by Crippen LogP contribution is 2.30. The normalized spacial score (nSPS) is 16.4. The second kappa shape index (κ2) is 8.08. The van der Waals surface area contributed by atoms with Crippen LogP contribution in [0.25, 0.3) is 0 Å². The van der Waals surface area contributed by atoms with Crippen LogP contribution in [-0.2, 0) is 0 Å². The first-order chi connectivity index (χ1) is 8.91. The van der Waals surface area contributed by atoms with Crippen LogP contribution in [0, 0.1) is 10.8 Å². The Balaban J connectivity index is 4.92. The quantitative estimate of drug-likeness (QED) is 0.201. The van der Waals surface area contributed by atoms with Gasteiger partial charge in [-0.05, 0) is 0 Å². The van der Waals surface area contributed by atoms with E-state index in [4.69, 9.17) is 30.6 Å². The summed E-state index contributed by atoms with van der Waals surface area (Å²) in [5, 5.41) is 74.5. The first-order valence-corrected chi connectivity index (χ1v) is 5.93. The number of rotatable bonds is 10. The molecule has 0 rings (SSSR count). The fraction of sp³-hybridized carbons (Fsp3) is 1.00. The van der Waals surface area contributed by atoms with Crippen molar-refractivity contribution in [3.63, 3.8) is 0 Å². The zero-order valence-corrected chi connectivity index (χ0v) is 10.7. The van der Waals surface area contributed by atoms with Crippen LogP contribution in [0.4, 0.5) is 0 Å². The third-order valence-corrected chi connectivity index (χ3v) is 3.75. The summed E-state index contributed by atoms with van der Waals surface area (Å²) >= 11 is 0. The van der Waals surface area contributed by atoms with Gasteiger partial charge in [0, 0.05) is 6.42 Å². The number of aliphatic hydroxyl groups excluding tert-OH is 8. The fourth-order valence-electron chi connectivity index (χ4n) is 1.64. The molecule has 0 aromatic carbocycles.